The zero-order valence-electron chi connectivity index (χ0n) is 16.3. The summed E-state index contributed by atoms with van der Waals surface area (Å²) < 4.78 is 1.50. The van der Waals surface area contributed by atoms with Crippen molar-refractivity contribution in [3.05, 3.63) is 63.4 Å². The maximum Gasteiger partial charge on any atom is 0.294 e. The van der Waals surface area contributed by atoms with Gasteiger partial charge in [0.1, 0.15) is 6.54 Å². The number of nitrogens with one attached hydrogen (secondary N) is 1. The standard InChI is InChI=1S/C22H23ClN4O2/c1-15-9-10-17(16(23)13-15)24-20(28)14-27-19-8-4-3-7-18(19)25-21(22(27)29)26-11-5-2-6-12-26/h3-4,7-10,13H,2,5-6,11-12,14H2,1H3,(H,24,28). The van der Waals surface area contributed by atoms with E-state index < -0.39 is 0 Å². The lowest BCUT2D eigenvalue weighted by atomic mass is 10.1. The molecule has 7 heteroatoms. The van der Waals surface area contributed by atoms with Crippen LogP contribution in [-0.4, -0.2) is 28.5 Å². The zero-order valence-corrected chi connectivity index (χ0v) is 17.1. The molecule has 3 aromatic rings. The number of amides is 1. The Labute approximate surface area is 174 Å². The number of piperidine rings is 1. The number of aromatic nitrogens is 2. The minimum atomic E-state index is -0.307. The summed E-state index contributed by atoms with van der Waals surface area (Å²) in [5.41, 5.74) is 2.65. The third-order valence-corrected chi connectivity index (χ3v) is 5.50. The van der Waals surface area contributed by atoms with Crippen molar-refractivity contribution in [2.45, 2.75) is 32.7 Å². The highest BCUT2D eigenvalue weighted by atomic mass is 35.5. The number of carbonyl (C=O) groups excluding carboxylic acids is 1. The van der Waals surface area contributed by atoms with Gasteiger partial charge in [0.25, 0.3) is 5.56 Å². The molecule has 0 bridgehead atoms. The SMILES string of the molecule is Cc1ccc(NC(=O)Cn2c(=O)c(N3CCCCC3)nc3ccccc32)c(Cl)c1. The van der Waals surface area contributed by atoms with E-state index >= 15 is 0 Å². The number of nitrogens with zero attached hydrogens (tertiary/aromatic N) is 3. The predicted molar refractivity (Wildman–Crippen MR) is 117 cm³/mol. The van der Waals surface area contributed by atoms with Gasteiger partial charge in [0, 0.05) is 13.1 Å². The Hall–Kier alpha value is -2.86. The van der Waals surface area contributed by atoms with Crippen LogP contribution in [0.15, 0.2) is 47.3 Å². The van der Waals surface area contributed by atoms with Gasteiger partial charge in [-0.25, -0.2) is 4.98 Å². The maximum absolute atomic E-state index is 13.2. The van der Waals surface area contributed by atoms with E-state index in [4.69, 9.17) is 11.6 Å². The van der Waals surface area contributed by atoms with Gasteiger partial charge in [-0.2, -0.15) is 0 Å². The van der Waals surface area contributed by atoms with E-state index in [1.807, 2.05) is 42.2 Å². The summed E-state index contributed by atoms with van der Waals surface area (Å²) in [4.78, 5) is 32.6. The van der Waals surface area contributed by atoms with E-state index in [1.165, 1.54) is 4.57 Å². The van der Waals surface area contributed by atoms with Crippen molar-refractivity contribution in [1.29, 1.82) is 0 Å². The summed E-state index contributed by atoms with van der Waals surface area (Å²) in [6.07, 6.45) is 3.25. The molecule has 4 rings (SSSR count). The number of rotatable bonds is 4. The molecule has 0 radical (unpaired) electrons. The molecule has 0 spiro atoms. The van der Waals surface area contributed by atoms with Crippen LogP contribution >= 0.6 is 11.6 Å². The monoisotopic (exact) mass is 410 g/mol. The summed E-state index contributed by atoms with van der Waals surface area (Å²) in [5, 5.41) is 3.28. The highest BCUT2D eigenvalue weighted by Crippen LogP contribution is 2.23. The fraction of sp³-hybridized carbons (Fsp3) is 0.318. The molecule has 1 aromatic heterocycles. The van der Waals surface area contributed by atoms with Crippen LogP contribution in [0.4, 0.5) is 11.5 Å². The van der Waals surface area contributed by atoms with Gasteiger partial charge in [-0.05, 0) is 56.0 Å². The molecular formula is C22H23ClN4O2. The third kappa shape index (κ3) is 4.12. The van der Waals surface area contributed by atoms with Crippen LogP contribution < -0.4 is 15.8 Å². The largest absolute Gasteiger partial charge is 0.352 e. The van der Waals surface area contributed by atoms with Crippen LogP contribution in [-0.2, 0) is 11.3 Å². The van der Waals surface area contributed by atoms with Crippen molar-refractivity contribution in [3.63, 3.8) is 0 Å². The lowest BCUT2D eigenvalue weighted by Gasteiger charge is -2.27. The fourth-order valence-electron chi connectivity index (χ4n) is 3.70. The van der Waals surface area contributed by atoms with Gasteiger partial charge in [0.15, 0.2) is 5.82 Å². The number of halogens is 1. The molecule has 2 heterocycles. The van der Waals surface area contributed by atoms with Crippen LogP contribution in [0.3, 0.4) is 0 Å². The molecule has 29 heavy (non-hydrogen) atoms. The quantitative estimate of drug-likeness (QED) is 0.706. The molecule has 2 aromatic carbocycles. The second kappa shape index (κ2) is 8.25. The number of benzene rings is 2. The van der Waals surface area contributed by atoms with Gasteiger partial charge in [0.05, 0.1) is 21.7 Å². The van der Waals surface area contributed by atoms with E-state index in [0.717, 1.165) is 37.9 Å². The molecule has 1 fully saturated rings. The van der Waals surface area contributed by atoms with Crippen molar-refractivity contribution in [2.24, 2.45) is 0 Å². The van der Waals surface area contributed by atoms with E-state index in [9.17, 15) is 9.59 Å². The summed E-state index contributed by atoms with van der Waals surface area (Å²) in [6, 6.07) is 12.8. The van der Waals surface area contributed by atoms with E-state index in [-0.39, 0.29) is 18.0 Å². The minimum Gasteiger partial charge on any atom is -0.352 e. The Morgan fingerprint density at radius 1 is 1.14 bits per heavy atom. The molecule has 6 nitrogen and oxygen atoms in total. The molecule has 1 aliphatic heterocycles. The lowest BCUT2D eigenvalue weighted by Crippen LogP contribution is -2.38. The normalized spacial score (nSPS) is 14.2. The third-order valence-electron chi connectivity index (χ3n) is 5.19. The van der Waals surface area contributed by atoms with Crippen molar-refractivity contribution in [3.8, 4) is 0 Å². The summed E-state index contributed by atoms with van der Waals surface area (Å²) in [6.45, 7) is 3.45. The molecule has 0 atom stereocenters. The zero-order chi connectivity index (χ0) is 20.4. The van der Waals surface area contributed by atoms with Crippen molar-refractivity contribution in [2.75, 3.05) is 23.3 Å². The number of hydrogen-bond acceptors (Lipinski definition) is 4. The topological polar surface area (TPSA) is 67.2 Å². The number of anilines is 2. The Kier molecular flexibility index (Phi) is 5.53. The summed E-state index contributed by atoms with van der Waals surface area (Å²) >= 11 is 6.23. The number of hydrogen-bond donors (Lipinski definition) is 1. The van der Waals surface area contributed by atoms with Gasteiger partial charge in [-0.3, -0.25) is 14.2 Å². The molecule has 0 saturated carbocycles. The molecule has 0 unspecified atom stereocenters. The van der Waals surface area contributed by atoms with Crippen molar-refractivity contribution < 1.29 is 4.79 Å². The van der Waals surface area contributed by atoms with Gasteiger partial charge in [-0.1, -0.05) is 29.8 Å². The molecule has 1 amide bonds. The van der Waals surface area contributed by atoms with Crippen molar-refractivity contribution in [1.82, 2.24) is 9.55 Å². The van der Waals surface area contributed by atoms with E-state index in [0.29, 0.717) is 27.6 Å². The number of para-hydroxylation sites is 2. The first-order valence-corrected chi connectivity index (χ1v) is 10.2. The maximum atomic E-state index is 13.2. The highest BCUT2D eigenvalue weighted by molar-refractivity contribution is 6.33. The average molecular weight is 411 g/mol. The van der Waals surface area contributed by atoms with Crippen LogP contribution in [0.1, 0.15) is 24.8 Å². The summed E-state index contributed by atoms with van der Waals surface area (Å²) in [5.74, 6) is 0.114. The highest BCUT2D eigenvalue weighted by Gasteiger charge is 2.20. The van der Waals surface area contributed by atoms with E-state index in [2.05, 4.69) is 10.3 Å². The van der Waals surface area contributed by atoms with Crippen LogP contribution in [0, 0.1) is 6.92 Å². The Morgan fingerprint density at radius 2 is 1.90 bits per heavy atom. The molecule has 1 aliphatic rings. The number of carbonyl (C=O) groups is 1. The van der Waals surface area contributed by atoms with Gasteiger partial charge >= 0.3 is 0 Å². The Balaban J connectivity index is 1.69. The molecule has 0 aliphatic carbocycles. The van der Waals surface area contributed by atoms with Gasteiger partial charge in [-0.15, -0.1) is 0 Å². The van der Waals surface area contributed by atoms with Gasteiger partial charge < -0.3 is 10.2 Å². The number of fused-ring (bicyclic) bond motifs is 1. The Bertz CT molecular complexity index is 1120. The Morgan fingerprint density at radius 3 is 2.66 bits per heavy atom. The molecule has 1 N–H and O–H groups in total. The first-order chi connectivity index (χ1) is 14.0. The van der Waals surface area contributed by atoms with Crippen molar-refractivity contribution >= 4 is 40.0 Å². The predicted octanol–water partition coefficient (Wildman–Crippen LogP) is 3.99. The first-order valence-electron chi connectivity index (χ1n) is 9.83. The molecule has 1 saturated heterocycles. The van der Waals surface area contributed by atoms with E-state index in [1.54, 1.807) is 12.1 Å². The summed E-state index contributed by atoms with van der Waals surface area (Å²) in [7, 11) is 0. The molecule has 150 valence electrons. The fourth-order valence-corrected chi connectivity index (χ4v) is 3.98. The average Bonchev–Trinajstić information content (AvgIpc) is 2.72. The van der Waals surface area contributed by atoms with Crippen LogP contribution in [0.2, 0.25) is 5.02 Å². The second-order valence-corrected chi connectivity index (χ2v) is 7.80. The smallest absolute Gasteiger partial charge is 0.294 e. The second-order valence-electron chi connectivity index (χ2n) is 7.39. The van der Waals surface area contributed by atoms with Gasteiger partial charge in [0.2, 0.25) is 5.91 Å². The minimum absolute atomic E-state index is 0.104. The van der Waals surface area contributed by atoms with Crippen LogP contribution in [0.25, 0.3) is 11.0 Å². The first kappa shape index (κ1) is 19.5. The van der Waals surface area contributed by atoms with Crippen LogP contribution in [0.5, 0.6) is 0 Å². The lowest BCUT2D eigenvalue weighted by molar-refractivity contribution is -0.116. The molecular weight excluding hydrogens is 388 g/mol. The number of aryl methyl sites for hydroxylation is 1.